The highest BCUT2D eigenvalue weighted by Gasteiger charge is 2.18. The lowest BCUT2D eigenvalue weighted by Gasteiger charge is -2.07. The molecule has 5 rings (SSSR count). The maximum absolute atomic E-state index is 13.3. The van der Waals surface area contributed by atoms with Gasteiger partial charge >= 0.3 is 0 Å². The molecule has 1 N–H and O–H groups in total. The number of nitrogens with zero attached hydrogens (tertiary/aromatic N) is 3. The van der Waals surface area contributed by atoms with Crippen molar-refractivity contribution in [1.29, 1.82) is 0 Å². The molecule has 0 saturated heterocycles. The number of para-hydroxylation sites is 1. The van der Waals surface area contributed by atoms with Crippen LogP contribution in [0.3, 0.4) is 0 Å². The van der Waals surface area contributed by atoms with E-state index in [1.165, 1.54) is 12.3 Å². The molecule has 158 valence electrons. The molecule has 8 heteroatoms. The number of rotatable bonds is 4. The summed E-state index contributed by atoms with van der Waals surface area (Å²) >= 11 is 6.03. The van der Waals surface area contributed by atoms with Crippen molar-refractivity contribution in [1.82, 2.24) is 9.66 Å². The van der Waals surface area contributed by atoms with E-state index in [0.29, 0.717) is 38.6 Å². The number of furan rings is 1. The first-order valence-electron chi connectivity index (χ1n) is 9.67. The molecule has 0 bridgehead atoms. The number of ether oxygens (including phenoxy) is 1. The lowest BCUT2D eigenvalue weighted by atomic mass is 10.2. The van der Waals surface area contributed by atoms with Crippen molar-refractivity contribution < 1.29 is 14.3 Å². The number of benzene rings is 3. The molecular formula is C24H16ClN3O4. The van der Waals surface area contributed by atoms with Crippen molar-refractivity contribution in [3.05, 3.63) is 87.7 Å². The number of hydrogen-bond acceptors (Lipinski definition) is 6. The molecule has 0 aliphatic rings. The summed E-state index contributed by atoms with van der Waals surface area (Å²) in [4.78, 5) is 17.9. The van der Waals surface area contributed by atoms with Crippen LogP contribution in [-0.2, 0) is 0 Å². The molecule has 0 spiro atoms. The average molecular weight is 446 g/mol. The molecule has 0 amide bonds. The number of phenols is 1. The minimum atomic E-state index is -0.379. The zero-order valence-electron chi connectivity index (χ0n) is 16.8. The average Bonchev–Trinajstić information content (AvgIpc) is 3.25. The Morgan fingerprint density at radius 1 is 1.09 bits per heavy atom. The molecule has 3 aromatic carbocycles. The molecule has 0 atom stereocenters. The molecule has 0 saturated carbocycles. The predicted molar refractivity (Wildman–Crippen MR) is 124 cm³/mol. The Balaban J connectivity index is 1.76. The molecular weight excluding hydrogens is 430 g/mol. The van der Waals surface area contributed by atoms with Gasteiger partial charge in [0.05, 0.1) is 29.6 Å². The van der Waals surface area contributed by atoms with Crippen LogP contribution < -0.4 is 10.3 Å². The van der Waals surface area contributed by atoms with E-state index in [9.17, 15) is 9.90 Å². The highest BCUT2D eigenvalue weighted by Crippen LogP contribution is 2.33. The number of methoxy groups -OCH3 is 1. The first-order chi connectivity index (χ1) is 15.5. The summed E-state index contributed by atoms with van der Waals surface area (Å²) in [5.41, 5.74) is 1.08. The van der Waals surface area contributed by atoms with Gasteiger partial charge in [0.15, 0.2) is 5.76 Å². The molecule has 5 aromatic rings. The molecule has 0 aliphatic heterocycles. The van der Waals surface area contributed by atoms with Crippen LogP contribution in [0.5, 0.6) is 11.5 Å². The SMILES string of the molecule is COc1cccc2oc(-c3nc4ccccc4c(=O)n3N=Cc3cc(Cl)ccc3O)cc12. The predicted octanol–water partition coefficient (Wildman–Crippen LogP) is 5.06. The Morgan fingerprint density at radius 3 is 2.78 bits per heavy atom. The summed E-state index contributed by atoms with van der Waals surface area (Å²) in [6, 6.07) is 18.8. The second-order valence-corrected chi connectivity index (χ2v) is 7.44. The van der Waals surface area contributed by atoms with E-state index in [2.05, 4.69) is 10.1 Å². The van der Waals surface area contributed by atoms with E-state index in [1.807, 2.05) is 12.1 Å². The van der Waals surface area contributed by atoms with E-state index in [4.69, 9.17) is 20.8 Å². The quantitative estimate of drug-likeness (QED) is 0.390. The molecule has 2 aromatic heterocycles. The lowest BCUT2D eigenvalue weighted by molar-refractivity contribution is 0.419. The van der Waals surface area contributed by atoms with Crippen molar-refractivity contribution in [3.8, 4) is 23.1 Å². The fourth-order valence-electron chi connectivity index (χ4n) is 3.46. The molecule has 32 heavy (non-hydrogen) atoms. The summed E-state index contributed by atoms with van der Waals surface area (Å²) in [7, 11) is 1.58. The van der Waals surface area contributed by atoms with E-state index < -0.39 is 0 Å². The van der Waals surface area contributed by atoms with Crippen LogP contribution in [0.4, 0.5) is 0 Å². The van der Waals surface area contributed by atoms with Crippen molar-refractivity contribution in [2.75, 3.05) is 7.11 Å². The number of phenolic OH excluding ortho intramolecular Hbond substituents is 1. The van der Waals surface area contributed by atoms with Crippen LogP contribution in [0.25, 0.3) is 33.5 Å². The van der Waals surface area contributed by atoms with Crippen molar-refractivity contribution >= 4 is 39.7 Å². The van der Waals surface area contributed by atoms with Gasteiger partial charge in [-0.3, -0.25) is 4.79 Å². The van der Waals surface area contributed by atoms with Crippen LogP contribution in [0.1, 0.15) is 5.56 Å². The number of aromatic hydroxyl groups is 1. The molecule has 0 fully saturated rings. The molecule has 0 unspecified atom stereocenters. The van der Waals surface area contributed by atoms with Gasteiger partial charge in [-0.15, -0.1) is 0 Å². The minimum Gasteiger partial charge on any atom is -0.507 e. The van der Waals surface area contributed by atoms with Gasteiger partial charge in [-0.2, -0.15) is 9.78 Å². The first-order valence-corrected chi connectivity index (χ1v) is 10.0. The third kappa shape index (κ3) is 3.38. The smallest absolute Gasteiger partial charge is 0.282 e. The Kier molecular flexibility index (Phi) is 4.88. The summed E-state index contributed by atoms with van der Waals surface area (Å²) in [6.45, 7) is 0. The first kappa shape index (κ1) is 19.8. The maximum Gasteiger partial charge on any atom is 0.282 e. The largest absolute Gasteiger partial charge is 0.507 e. The summed E-state index contributed by atoms with van der Waals surface area (Å²) in [5, 5.41) is 16.0. The third-order valence-corrected chi connectivity index (χ3v) is 5.25. The monoisotopic (exact) mass is 445 g/mol. The van der Waals surface area contributed by atoms with Gasteiger partial charge in [0.25, 0.3) is 5.56 Å². The Morgan fingerprint density at radius 2 is 1.94 bits per heavy atom. The Hall–Kier alpha value is -4.10. The molecule has 0 radical (unpaired) electrons. The molecule has 2 heterocycles. The van der Waals surface area contributed by atoms with Crippen LogP contribution in [0.2, 0.25) is 5.02 Å². The molecule has 0 aliphatic carbocycles. The van der Waals surface area contributed by atoms with Crippen LogP contribution in [0, 0.1) is 0 Å². The highest BCUT2D eigenvalue weighted by atomic mass is 35.5. The van der Waals surface area contributed by atoms with Crippen LogP contribution >= 0.6 is 11.6 Å². The van der Waals surface area contributed by atoms with Crippen molar-refractivity contribution in [2.45, 2.75) is 0 Å². The highest BCUT2D eigenvalue weighted by molar-refractivity contribution is 6.30. The summed E-state index contributed by atoms with van der Waals surface area (Å²) in [6.07, 6.45) is 1.35. The Labute approximate surface area is 186 Å². The summed E-state index contributed by atoms with van der Waals surface area (Å²) < 4.78 is 12.5. The molecule has 7 nitrogen and oxygen atoms in total. The van der Waals surface area contributed by atoms with Crippen molar-refractivity contribution in [3.63, 3.8) is 0 Å². The number of halogens is 1. The Bertz CT molecular complexity index is 1570. The third-order valence-electron chi connectivity index (χ3n) is 5.02. The van der Waals surface area contributed by atoms with E-state index >= 15 is 0 Å². The summed E-state index contributed by atoms with van der Waals surface area (Å²) in [5.74, 6) is 1.18. The van der Waals surface area contributed by atoms with Gasteiger partial charge in [-0.05, 0) is 48.5 Å². The fraction of sp³-hybridized carbons (Fsp3) is 0.0417. The standard InChI is InChI=1S/C24H16ClN3O4/c1-31-20-7-4-8-21-17(20)12-22(32-21)23-27-18-6-3-2-5-16(18)24(30)28(23)26-13-14-11-15(25)9-10-19(14)29/h2-13,29H,1H3. The van der Waals surface area contributed by atoms with Crippen LogP contribution in [0.15, 0.2) is 81.0 Å². The van der Waals surface area contributed by atoms with E-state index in [1.54, 1.807) is 55.6 Å². The second-order valence-electron chi connectivity index (χ2n) is 7.00. The zero-order valence-corrected chi connectivity index (χ0v) is 17.6. The number of fused-ring (bicyclic) bond motifs is 2. The lowest BCUT2D eigenvalue weighted by Crippen LogP contribution is -2.20. The normalized spacial score (nSPS) is 11.6. The van der Waals surface area contributed by atoms with Crippen molar-refractivity contribution in [2.24, 2.45) is 5.10 Å². The number of hydrogen-bond donors (Lipinski definition) is 1. The van der Waals surface area contributed by atoms with Gasteiger partial charge in [0.1, 0.15) is 17.1 Å². The van der Waals surface area contributed by atoms with Crippen LogP contribution in [-0.4, -0.2) is 28.1 Å². The second kappa shape index (κ2) is 7.86. The maximum atomic E-state index is 13.3. The number of aromatic nitrogens is 2. The van der Waals surface area contributed by atoms with Gasteiger partial charge in [0.2, 0.25) is 5.82 Å². The topological polar surface area (TPSA) is 89.9 Å². The fourth-order valence-corrected chi connectivity index (χ4v) is 3.64. The van der Waals surface area contributed by atoms with E-state index in [-0.39, 0.29) is 17.1 Å². The van der Waals surface area contributed by atoms with Gasteiger partial charge in [-0.1, -0.05) is 29.8 Å². The van der Waals surface area contributed by atoms with Gasteiger partial charge in [-0.25, -0.2) is 4.98 Å². The minimum absolute atomic E-state index is 0.0185. The zero-order chi connectivity index (χ0) is 22.2. The van der Waals surface area contributed by atoms with Gasteiger partial charge in [0, 0.05) is 10.6 Å². The van der Waals surface area contributed by atoms with Gasteiger partial charge < -0.3 is 14.3 Å². The van der Waals surface area contributed by atoms with E-state index in [0.717, 1.165) is 10.1 Å².